The molecule has 0 spiro atoms. The lowest BCUT2D eigenvalue weighted by atomic mass is 9.99. The standard InChI is InChI=1S/C34H38N4O6/c1-21(2)15-28-32(41)37-30(34(43)38-19-25(39)20-38)17-23-11-13-26(14-12-23)44-27-10-6-9-24(18-27)31(40)35-29(33(42)36-28)16-22-7-4-3-5-8-22/h3-14,18,21,25,28-30,39H,15-17,19-20H2,1-2H3,(H,35,40)(H,36,42)(H,37,41)/t28-,29+,30-/m0/s1. The fourth-order valence-electron chi connectivity index (χ4n) is 5.37. The molecule has 0 saturated carbocycles. The zero-order valence-electron chi connectivity index (χ0n) is 24.9. The smallest absolute Gasteiger partial charge is 0.252 e. The number of ether oxygens (including phenoxy) is 1. The summed E-state index contributed by atoms with van der Waals surface area (Å²) >= 11 is 0. The Hall–Kier alpha value is -4.70. The van der Waals surface area contributed by atoms with Crippen molar-refractivity contribution in [3.63, 3.8) is 0 Å². The molecule has 44 heavy (non-hydrogen) atoms. The summed E-state index contributed by atoms with van der Waals surface area (Å²) in [6.07, 6.45) is 0.145. The number of hydrogen-bond acceptors (Lipinski definition) is 6. The molecular formula is C34H38N4O6. The van der Waals surface area contributed by atoms with Crippen LogP contribution in [0.5, 0.6) is 11.5 Å². The Labute approximate surface area is 256 Å². The van der Waals surface area contributed by atoms with Gasteiger partial charge in [0.05, 0.1) is 6.10 Å². The van der Waals surface area contributed by atoms with Gasteiger partial charge in [-0.05, 0) is 53.8 Å². The highest BCUT2D eigenvalue weighted by atomic mass is 16.5. The lowest BCUT2D eigenvalue weighted by molar-refractivity contribution is -0.145. The molecule has 4 N–H and O–H groups in total. The molecule has 10 heteroatoms. The number of hydrogen-bond donors (Lipinski definition) is 4. The van der Waals surface area contributed by atoms with E-state index in [1.165, 1.54) is 4.90 Å². The Bertz CT molecular complexity index is 1490. The third kappa shape index (κ3) is 7.82. The maximum Gasteiger partial charge on any atom is 0.252 e. The third-order valence-corrected chi connectivity index (χ3v) is 7.73. The van der Waals surface area contributed by atoms with Gasteiger partial charge in [-0.3, -0.25) is 19.2 Å². The average Bonchev–Trinajstić information content (AvgIpc) is 2.99. The highest BCUT2D eigenvalue weighted by molar-refractivity contribution is 5.99. The van der Waals surface area contributed by atoms with E-state index in [0.717, 1.165) is 11.1 Å². The minimum atomic E-state index is -0.984. The number of amides is 4. The zero-order valence-corrected chi connectivity index (χ0v) is 24.9. The molecule has 0 radical (unpaired) electrons. The highest BCUT2D eigenvalue weighted by Gasteiger charge is 2.36. The number of nitrogens with zero attached hydrogens (tertiary/aromatic N) is 1. The second-order valence-electron chi connectivity index (χ2n) is 11.8. The minimum absolute atomic E-state index is 0.0426. The Balaban J connectivity index is 1.50. The number of nitrogens with one attached hydrogen (secondary N) is 3. The lowest BCUT2D eigenvalue weighted by Crippen LogP contribution is -2.61. The van der Waals surface area contributed by atoms with E-state index >= 15 is 0 Å². The van der Waals surface area contributed by atoms with Crippen molar-refractivity contribution in [1.29, 1.82) is 0 Å². The second kappa shape index (κ2) is 13.7. The largest absolute Gasteiger partial charge is 0.457 e. The summed E-state index contributed by atoms with van der Waals surface area (Å²) in [5, 5.41) is 18.4. The molecule has 0 aliphatic carbocycles. The number of aliphatic hydroxyl groups excluding tert-OH is 1. The van der Waals surface area contributed by atoms with Crippen LogP contribution >= 0.6 is 0 Å². The first-order chi connectivity index (χ1) is 21.1. The van der Waals surface area contributed by atoms with E-state index in [-0.39, 0.29) is 37.8 Å². The minimum Gasteiger partial charge on any atom is -0.457 e. The molecule has 4 amide bonds. The summed E-state index contributed by atoms with van der Waals surface area (Å²) in [5.41, 5.74) is 1.95. The number of carbonyl (C=O) groups excluding carboxylic acids is 4. The lowest BCUT2D eigenvalue weighted by Gasteiger charge is -2.38. The fraction of sp³-hybridized carbons (Fsp3) is 0.353. The summed E-state index contributed by atoms with van der Waals surface area (Å²) in [6.45, 7) is 4.28. The van der Waals surface area contributed by atoms with Gasteiger partial charge < -0.3 is 30.7 Å². The molecule has 1 saturated heterocycles. The number of fused-ring (bicyclic) bond motifs is 11. The molecule has 230 valence electrons. The summed E-state index contributed by atoms with van der Waals surface area (Å²) < 4.78 is 6.00. The number of benzene rings is 3. The molecule has 6 rings (SSSR count). The van der Waals surface area contributed by atoms with Gasteiger partial charge in [0.2, 0.25) is 17.7 Å². The van der Waals surface area contributed by atoms with E-state index in [0.29, 0.717) is 23.5 Å². The van der Waals surface area contributed by atoms with E-state index in [9.17, 15) is 24.3 Å². The number of rotatable bonds is 5. The summed E-state index contributed by atoms with van der Waals surface area (Å²) in [6, 6.07) is 20.3. The quantitative estimate of drug-likeness (QED) is 0.334. The van der Waals surface area contributed by atoms with Crippen molar-refractivity contribution in [2.45, 2.75) is 57.3 Å². The van der Waals surface area contributed by atoms with Crippen LogP contribution in [0.4, 0.5) is 0 Å². The highest BCUT2D eigenvalue weighted by Crippen LogP contribution is 2.24. The molecule has 0 aromatic heterocycles. The predicted octanol–water partition coefficient (Wildman–Crippen LogP) is 2.59. The van der Waals surface area contributed by atoms with Crippen LogP contribution in [0.15, 0.2) is 78.9 Å². The van der Waals surface area contributed by atoms with Crippen molar-refractivity contribution in [2.75, 3.05) is 13.1 Å². The fourth-order valence-corrected chi connectivity index (χ4v) is 5.37. The van der Waals surface area contributed by atoms with Crippen LogP contribution in [0, 0.1) is 5.92 Å². The summed E-state index contributed by atoms with van der Waals surface area (Å²) in [7, 11) is 0. The van der Waals surface area contributed by atoms with E-state index in [4.69, 9.17) is 4.74 Å². The van der Waals surface area contributed by atoms with Gasteiger partial charge in [0, 0.05) is 31.5 Å². The maximum absolute atomic E-state index is 13.8. The molecule has 0 unspecified atom stereocenters. The van der Waals surface area contributed by atoms with Gasteiger partial charge in [0.15, 0.2) is 0 Å². The number of likely N-dealkylation sites (tertiary alicyclic amines) is 1. The number of carbonyl (C=O) groups is 4. The second-order valence-corrected chi connectivity index (χ2v) is 11.8. The van der Waals surface area contributed by atoms with E-state index in [1.54, 1.807) is 36.4 Å². The average molecular weight is 599 g/mol. The van der Waals surface area contributed by atoms with Crippen LogP contribution in [-0.2, 0) is 27.2 Å². The van der Waals surface area contributed by atoms with Crippen LogP contribution in [0.25, 0.3) is 0 Å². The van der Waals surface area contributed by atoms with Gasteiger partial charge in [-0.25, -0.2) is 0 Å². The maximum atomic E-state index is 13.8. The molecule has 3 aromatic rings. The molecule has 3 atom stereocenters. The molecule has 3 aromatic carbocycles. The van der Waals surface area contributed by atoms with E-state index in [2.05, 4.69) is 16.0 Å². The van der Waals surface area contributed by atoms with Crippen molar-refractivity contribution >= 4 is 23.6 Å². The topological polar surface area (TPSA) is 137 Å². The molecule has 3 aliphatic heterocycles. The monoisotopic (exact) mass is 598 g/mol. The van der Waals surface area contributed by atoms with E-state index in [1.807, 2.05) is 56.3 Å². The van der Waals surface area contributed by atoms with Gasteiger partial charge in [-0.15, -0.1) is 0 Å². The summed E-state index contributed by atoms with van der Waals surface area (Å²) in [5.74, 6) is -0.756. The predicted molar refractivity (Wildman–Crippen MR) is 164 cm³/mol. The Morgan fingerprint density at radius 3 is 2.25 bits per heavy atom. The van der Waals surface area contributed by atoms with Crippen molar-refractivity contribution in [3.8, 4) is 11.5 Å². The molecule has 3 heterocycles. The first-order valence-electron chi connectivity index (χ1n) is 14.9. The summed E-state index contributed by atoms with van der Waals surface area (Å²) in [4.78, 5) is 55.9. The van der Waals surface area contributed by atoms with Gasteiger partial charge in [-0.2, -0.15) is 0 Å². The van der Waals surface area contributed by atoms with Crippen LogP contribution in [0.3, 0.4) is 0 Å². The van der Waals surface area contributed by atoms with Crippen molar-refractivity contribution in [1.82, 2.24) is 20.9 Å². The van der Waals surface area contributed by atoms with Crippen molar-refractivity contribution in [3.05, 3.63) is 95.6 Å². The zero-order chi connectivity index (χ0) is 31.2. The first kappa shape index (κ1) is 30.7. The van der Waals surface area contributed by atoms with Gasteiger partial charge in [0.1, 0.15) is 29.6 Å². The molecule has 10 nitrogen and oxygen atoms in total. The van der Waals surface area contributed by atoms with Gasteiger partial charge in [-0.1, -0.05) is 62.4 Å². The Morgan fingerprint density at radius 2 is 1.57 bits per heavy atom. The molecule has 4 bridgehead atoms. The molecular weight excluding hydrogens is 560 g/mol. The first-order valence-corrected chi connectivity index (χ1v) is 14.9. The van der Waals surface area contributed by atoms with Crippen LogP contribution in [-0.4, -0.2) is 71.0 Å². The van der Waals surface area contributed by atoms with Gasteiger partial charge >= 0.3 is 0 Å². The van der Waals surface area contributed by atoms with Crippen LogP contribution in [0.1, 0.15) is 41.8 Å². The SMILES string of the molecule is CC(C)C[C@@H]1NC(=O)[C@@H](Cc2ccccc2)NC(=O)c2cccc(c2)Oc2ccc(cc2)C[C@@H](C(=O)N2CC(O)C2)NC1=O. The van der Waals surface area contributed by atoms with Crippen LogP contribution < -0.4 is 20.7 Å². The molecule has 1 fully saturated rings. The molecule has 3 aliphatic rings. The Morgan fingerprint density at radius 1 is 0.864 bits per heavy atom. The van der Waals surface area contributed by atoms with Crippen molar-refractivity contribution in [2.24, 2.45) is 5.92 Å². The number of aliphatic hydroxyl groups is 1. The van der Waals surface area contributed by atoms with Gasteiger partial charge in [0.25, 0.3) is 5.91 Å². The third-order valence-electron chi connectivity index (χ3n) is 7.73. The normalized spacial score (nSPS) is 21.3. The van der Waals surface area contributed by atoms with Crippen molar-refractivity contribution < 1.29 is 29.0 Å². The van der Waals surface area contributed by atoms with Crippen LogP contribution in [0.2, 0.25) is 0 Å². The van der Waals surface area contributed by atoms with E-state index < -0.39 is 42.0 Å². The Kier molecular flexibility index (Phi) is 9.59. The number of β-amino-alcohol motifs (C(OH)–C–C–N with tert-alkyl or cyclic N) is 1.